The summed E-state index contributed by atoms with van der Waals surface area (Å²) in [6.45, 7) is 1.32. The van der Waals surface area contributed by atoms with Crippen LogP contribution in [0, 0.1) is 5.92 Å². The summed E-state index contributed by atoms with van der Waals surface area (Å²) in [5, 5.41) is 9.01. The van der Waals surface area contributed by atoms with Crippen LogP contribution >= 0.6 is 0 Å². The lowest BCUT2D eigenvalue weighted by Crippen LogP contribution is -2.37. The zero-order chi connectivity index (χ0) is 14.1. The number of carbonyl (C=O) groups excluding carboxylic acids is 1. The molecule has 5 nitrogen and oxygen atoms in total. The van der Waals surface area contributed by atoms with Crippen molar-refractivity contribution in [3.05, 3.63) is 35.4 Å². The molecule has 0 saturated carbocycles. The van der Waals surface area contributed by atoms with E-state index in [1.165, 1.54) is 0 Å². The number of hydrogen-bond acceptors (Lipinski definition) is 3. The molecule has 3 rings (SSSR count). The molecule has 20 heavy (non-hydrogen) atoms. The number of hydrogen-bond donors (Lipinski definition) is 1. The minimum Gasteiger partial charge on any atom is -0.481 e. The van der Waals surface area contributed by atoms with Crippen molar-refractivity contribution in [1.82, 2.24) is 4.90 Å². The molecule has 1 amide bonds. The Bertz CT molecular complexity index is 542. The number of likely N-dealkylation sites (tertiary alicyclic amines) is 1. The Kier molecular flexibility index (Phi) is 3.44. The maximum atomic E-state index is 12.5. The first kappa shape index (κ1) is 13.1. The molecule has 0 aliphatic carbocycles. The number of aliphatic carboxylic acids is 1. The third kappa shape index (κ3) is 2.29. The van der Waals surface area contributed by atoms with Gasteiger partial charge in [0.25, 0.3) is 5.91 Å². The van der Waals surface area contributed by atoms with Gasteiger partial charge in [-0.05, 0) is 24.0 Å². The normalized spacial score (nSPS) is 25.3. The Morgan fingerprint density at radius 1 is 1.30 bits per heavy atom. The summed E-state index contributed by atoms with van der Waals surface area (Å²) < 4.78 is 5.64. The highest BCUT2D eigenvalue weighted by atomic mass is 16.5. The minimum absolute atomic E-state index is 0.110. The molecule has 2 aliphatic rings. The molecular weight excluding hydrogens is 258 g/mol. The van der Waals surface area contributed by atoms with Crippen LogP contribution in [0.5, 0.6) is 0 Å². The first-order valence-corrected chi connectivity index (χ1v) is 6.88. The third-order valence-electron chi connectivity index (χ3n) is 4.07. The number of benzene rings is 1. The number of fused-ring (bicyclic) bond motifs is 1. The molecule has 2 aliphatic heterocycles. The van der Waals surface area contributed by atoms with Crippen LogP contribution in [0.1, 0.15) is 23.7 Å². The molecule has 1 saturated heterocycles. The van der Waals surface area contributed by atoms with Gasteiger partial charge in [0.2, 0.25) is 0 Å². The Hall–Kier alpha value is -1.88. The smallest absolute Gasteiger partial charge is 0.308 e. The summed E-state index contributed by atoms with van der Waals surface area (Å²) >= 11 is 0. The van der Waals surface area contributed by atoms with Crippen molar-refractivity contribution >= 4 is 11.9 Å². The molecule has 1 aromatic rings. The Morgan fingerprint density at radius 3 is 2.85 bits per heavy atom. The third-order valence-corrected chi connectivity index (χ3v) is 4.07. The summed E-state index contributed by atoms with van der Waals surface area (Å²) in [6.07, 6.45) is 0.764. The van der Waals surface area contributed by atoms with E-state index in [1.807, 2.05) is 24.3 Å². The molecule has 0 spiro atoms. The zero-order valence-electron chi connectivity index (χ0n) is 11.1. The van der Waals surface area contributed by atoms with Crippen LogP contribution < -0.4 is 0 Å². The van der Waals surface area contributed by atoms with Gasteiger partial charge in [0.15, 0.2) is 6.10 Å². The quantitative estimate of drug-likeness (QED) is 0.881. The molecule has 1 aromatic carbocycles. The fourth-order valence-corrected chi connectivity index (χ4v) is 2.93. The Balaban J connectivity index is 1.78. The number of carbonyl (C=O) groups is 2. The Labute approximate surface area is 117 Å². The van der Waals surface area contributed by atoms with Crippen molar-refractivity contribution in [2.45, 2.75) is 18.9 Å². The van der Waals surface area contributed by atoms with Crippen LogP contribution in [0.3, 0.4) is 0 Å². The van der Waals surface area contributed by atoms with Crippen LogP contribution in [-0.2, 0) is 20.7 Å². The Morgan fingerprint density at radius 2 is 2.10 bits per heavy atom. The van der Waals surface area contributed by atoms with Gasteiger partial charge >= 0.3 is 5.97 Å². The van der Waals surface area contributed by atoms with Crippen LogP contribution in [0.2, 0.25) is 0 Å². The summed E-state index contributed by atoms with van der Waals surface area (Å²) in [4.78, 5) is 25.1. The molecule has 0 aromatic heterocycles. The maximum absolute atomic E-state index is 12.5. The number of carboxylic acid groups (broad SMARTS) is 1. The monoisotopic (exact) mass is 275 g/mol. The molecule has 2 heterocycles. The average Bonchev–Trinajstić information content (AvgIpc) is 2.96. The number of rotatable bonds is 2. The molecule has 5 heteroatoms. The van der Waals surface area contributed by atoms with Crippen LogP contribution in [0.15, 0.2) is 24.3 Å². The first-order chi connectivity index (χ1) is 9.66. The highest BCUT2D eigenvalue weighted by molar-refractivity contribution is 5.84. The summed E-state index contributed by atoms with van der Waals surface area (Å²) in [6, 6.07) is 7.80. The fraction of sp³-hybridized carbons (Fsp3) is 0.467. The van der Waals surface area contributed by atoms with Gasteiger partial charge in [0, 0.05) is 13.1 Å². The van der Waals surface area contributed by atoms with E-state index in [9.17, 15) is 9.59 Å². The van der Waals surface area contributed by atoms with E-state index < -0.39 is 18.0 Å². The first-order valence-electron chi connectivity index (χ1n) is 6.88. The molecular formula is C15H17NO4. The second-order valence-electron chi connectivity index (χ2n) is 5.31. The van der Waals surface area contributed by atoms with E-state index in [4.69, 9.17) is 9.84 Å². The molecule has 2 atom stereocenters. The van der Waals surface area contributed by atoms with E-state index in [0.717, 1.165) is 17.5 Å². The highest BCUT2D eigenvalue weighted by Gasteiger charge is 2.36. The molecule has 0 radical (unpaired) electrons. The minimum atomic E-state index is -0.828. The van der Waals surface area contributed by atoms with Crippen molar-refractivity contribution in [3.8, 4) is 0 Å². The van der Waals surface area contributed by atoms with Crippen molar-refractivity contribution in [1.29, 1.82) is 0 Å². The largest absolute Gasteiger partial charge is 0.481 e. The second-order valence-corrected chi connectivity index (χ2v) is 5.31. The summed E-state index contributed by atoms with van der Waals surface area (Å²) in [5.41, 5.74) is 2.06. The van der Waals surface area contributed by atoms with Crippen LogP contribution in [0.25, 0.3) is 0 Å². The van der Waals surface area contributed by atoms with Gasteiger partial charge < -0.3 is 14.7 Å². The lowest BCUT2D eigenvalue weighted by molar-refractivity contribution is -0.145. The van der Waals surface area contributed by atoms with Gasteiger partial charge in [0.05, 0.1) is 12.5 Å². The lowest BCUT2D eigenvalue weighted by Gasteiger charge is -2.28. The number of nitrogens with zero attached hydrogens (tertiary/aromatic N) is 1. The molecule has 1 fully saturated rings. The van der Waals surface area contributed by atoms with E-state index in [1.54, 1.807) is 4.90 Å². The van der Waals surface area contributed by atoms with Crippen molar-refractivity contribution < 1.29 is 19.4 Å². The van der Waals surface area contributed by atoms with Crippen molar-refractivity contribution in [3.63, 3.8) is 0 Å². The summed E-state index contributed by atoms with van der Waals surface area (Å²) in [5.74, 6) is -1.39. The van der Waals surface area contributed by atoms with Crippen molar-refractivity contribution in [2.24, 2.45) is 5.92 Å². The summed E-state index contributed by atoms with van der Waals surface area (Å²) in [7, 11) is 0. The fourth-order valence-electron chi connectivity index (χ4n) is 2.93. The zero-order valence-corrected chi connectivity index (χ0v) is 11.1. The van der Waals surface area contributed by atoms with Gasteiger partial charge in [-0.3, -0.25) is 9.59 Å². The SMILES string of the molecule is O=C(O)[C@H]1CCN(C(=O)[C@@H]2OCCc3ccccc32)C1. The lowest BCUT2D eigenvalue weighted by atomic mass is 9.97. The number of amides is 1. The van der Waals surface area contributed by atoms with Gasteiger partial charge in [0.1, 0.15) is 0 Å². The number of carboxylic acids is 1. The molecule has 0 unspecified atom stereocenters. The topological polar surface area (TPSA) is 66.8 Å². The predicted octanol–water partition coefficient (Wildman–Crippen LogP) is 1.23. The van der Waals surface area contributed by atoms with Gasteiger partial charge in [-0.15, -0.1) is 0 Å². The van der Waals surface area contributed by atoms with E-state index in [2.05, 4.69) is 0 Å². The highest BCUT2D eigenvalue weighted by Crippen LogP contribution is 2.30. The van der Waals surface area contributed by atoms with Gasteiger partial charge in [-0.25, -0.2) is 0 Å². The maximum Gasteiger partial charge on any atom is 0.308 e. The standard InChI is InChI=1S/C15H17NO4/c17-14(16-7-5-11(9-16)15(18)19)13-12-4-2-1-3-10(12)6-8-20-13/h1-4,11,13H,5-9H2,(H,18,19)/t11-,13+/m0/s1. The second kappa shape index (κ2) is 5.25. The average molecular weight is 275 g/mol. The number of ether oxygens (including phenoxy) is 1. The van der Waals surface area contributed by atoms with Crippen molar-refractivity contribution in [2.75, 3.05) is 19.7 Å². The van der Waals surface area contributed by atoms with Gasteiger partial charge in [-0.2, -0.15) is 0 Å². The molecule has 1 N–H and O–H groups in total. The van der Waals surface area contributed by atoms with Crippen LogP contribution in [-0.4, -0.2) is 41.6 Å². The van der Waals surface area contributed by atoms with E-state index in [-0.39, 0.29) is 12.5 Å². The van der Waals surface area contributed by atoms with Gasteiger partial charge in [-0.1, -0.05) is 24.3 Å². The van der Waals surface area contributed by atoms with E-state index in [0.29, 0.717) is 19.6 Å². The molecule has 106 valence electrons. The predicted molar refractivity (Wildman–Crippen MR) is 71.2 cm³/mol. The molecule has 0 bridgehead atoms. The van der Waals surface area contributed by atoms with E-state index >= 15 is 0 Å². The van der Waals surface area contributed by atoms with Crippen LogP contribution in [0.4, 0.5) is 0 Å².